The number of hydrogen-bond acceptors (Lipinski definition) is 2. The molecular formula is C43H31NO. The second-order valence-electron chi connectivity index (χ2n) is 12.6. The van der Waals surface area contributed by atoms with Crippen LogP contribution in [0.4, 0.5) is 17.1 Å². The Hall–Kier alpha value is -5.60. The fraction of sp³-hybridized carbons (Fsp3) is 0.0698. The summed E-state index contributed by atoms with van der Waals surface area (Å²) in [5, 5.41) is 4.75. The molecule has 0 spiro atoms. The fourth-order valence-corrected chi connectivity index (χ4v) is 7.37. The van der Waals surface area contributed by atoms with Gasteiger partial charge in [0, 0.05) is 22.2 Å². The van der Waals surface area contributed by atoms with Crippen molar-refractivity contribution in [2.45, 2.75) is 19.3 Å². The summed E-state index contributed by atoms with van der Waals surface area (Å²) in [4.78, 5) is 2.40. The molecule has 0 saturated heterocycles. The largest absolute Gasteiger partial charge is 0.456 e. The van der Waals surface area contributed by atoms with Crippen molar-refractivity contribution in [1.82, 2.24) is 0 Å². The lowest BCUT2D eigenvalue weighted by atomic mass is 9.82. The molecule has 0 aliphatic heterocycles. The molecule has 1 aliphatic carbocycles. The average molecular weight is 578 g/mol. The predicted octanol–water partition coefficient (Wildman–Crippen LogP) is 12.2. The van der Waals surface area contributed by atoms with E-state index in [1.165, 1.54) is 44.2 Å². The molecule has 1 heterocycles. The van der Waals surface area contributed by atoms with E-state index in [4.69, 9.17) is 4.42 Å². The van der Waals surface area contributed by atoms with Gasteiger partial charge in [-0.1, -0.05) is 117 Å². The first-order chi connectivity index (χ1) is 22.1. The highest BCUT2D eigenvalue weighted by atomic mass is 16.3. The van der Waals surface area contributed by atoms with Gasteiger partial charge in [-0.05, 0) is 92.7 Å². The Kier molecular flexibility index (Phi) is 5.58. The van der Waals surface area contributed by atoms with Crippen molar-refractivity contribution < 1.29 is 4.42 Å². The third-order valence-electron chi connectivity index (χ3n) is 9.66. The molecule has 0 fully saturated rings. The fourth-order valence-electron chi connectivity index (χ4n) is 7.37. The zero-order valence-corrected chi connectivity index (χ0v) is 25.3. The van der Waals surface area contributed by atoms with Crippen molar-refractivity contribution in [3.8, 4) is 22.3 Å². The van der Waals surface area contributed by atoms with Gasteiger partial charge in [-0.3, -0.25) is 0 Å². The van der Waals surface area contributed by atoms with Crippen molar-refractivity contribution in [2.24, 2.45) is 0 Å². The SMILES string of the molecule is CC1(C)c2ccccc2-c2ccc(N(c3ccc(-c4ccc5ccccc5c4)cc3)c3cccc4oc5ccccc5c34)cc21. The molecule has 0 radical (unpaired) electrons. The first-order valence-corrected chi connectivity index (χ1v) is 15.6. The molecule has 0 amide bonds. The molecule has 0 N–H and O–H groups in total. The third kappa shape index (κ3) is 3.96. The van der Waals surface area contributed by atoms with E-state index in [-0.39, 0.29) is 5.41 Å². The van der Waals surface area contributed by atoms with Gasteiger partial charge in [0.1, 0.15) is 11.2 Å². The molecule has 0 atom stereocenters. The Bertz CT molecular complexity index is 2410. The molecule has 0 saturated carbocycles. The maximum Gasteiger partial charge on any atom is 0.137 e. The molecule has 2 heteroatoms. The van der Waals surface area contributed by atoms with Crippen LogP contribution in [0.1, 0.15) is 25.0 Å². The van der Waals surface area contributed by atoms with Crippen LogP contribution in [-0.4, -0.2) is 0 Å². The quantitative estimate of drug-likeness (QED) is 0.207. The second-order valence-corrected chi connectivity index (χ2v) is 12.6. The molecule has 0 unspecified atom stereocenters. The van der Waals surface area contributed by atoms with E-state index in [1.807, 2.05) is 6.07 Å². The van der Waals surface area contributed by atoms with Crippen LogP contribution in [0.2, 0.25) is 0 Å². The van der Waals surface area contributed by atoms with Gasteiger partial charge in [0.2, 0.25) is 0 Å². The Labute approximate surface area is 262 Å². The zero-order valence-electron chi connectivity index (χ0n) is 25.3. The van der Waals surface area contributed by atoms with Crippen molar-refractivity contribution in [1.29, 1.82) is 0 Å². The smallest absolute Gasteiger partial charge is 0.137 e. The summed E-state index contributed by atoms with van der Waals surface area (Å²) in [6.45, 7) is 4.68. The lowest BCUT2D eigenvalue weighted by molar-refractivity contribution is 0.660. The minimum atomic E-state index is -0.0953. The monoisotopic (exact) mass is 577 g/mol. The van der Waals surface area contributed by atoms with Crippen molar-refractivity contribution >= 4 is 49.8 Å². The van der Waals surface area contributed by atoms with Crippen LogP contribution in [-0.2, 0) is 5.41 Å². The van der Waals surface area contributed by atoms with Crippen molar-refractivity contribution in [2.75, 3.05) is 4.90 Å². The van der Waals surface area contributed by atoms with E-state index in [0.717, 1.165) is 39.0 Å². The van der Waals surface area contributed by atoms with Crippen LogP contribution in [0.3, 0.4) is 0 Å². The number of fused-ring (bicyclic) bond motifs is 7. The number of para-hydroxylation sites is 1. The molecule has 214 valence electrons. The summed E-state index contributed by atoms with van der Waals surface area (Å²) in [6.07, 6.45) is 0. The number of hydrogen-bond donors (Lipinski definition) is 0. The standard InChI is InChI=1S/C43H31NO/c1-43(2)37-14-7-5-12-34(37)35-25-24-33(27-38(35)43)44(39-15-9-17-41-42(39)36-13-6-8-16-40(36)45-41)32-22-20-29(21-23-32)31-19-18-28-10-3-4-11-30(28)26-31/h3-27H,1-2H3. The average Bonchev–Trinajstić information content (AvgIpc) is 3.58. The summed E-state index contributed by atoms with van der Waals surface area (Å²) < 4.78 is 6.35. The third-order valence-corrected chi connectivity index (χ3v) is 9.66. The van der Waals surface area contributed by atoms with E-state index in [2.05, 4.69) is 164 Å². The molecule has 45 heavy (non-hydrogen) atoms. The Morgan fingerprint density at radius 2 is 1.18 bits per heavy atom. The van der Waals surface area contributed by atoms with Crippen LogP contribution in [0.25, 0.3) is 55.0 Å². The number of nitrogens with zero attached hydrogens (tertiary/aromatic N) is 1. The first kappa shape index (κ1) is 25.9. The van der Waals surface area contributed by atoms with Crippen molar-refractivity contribution in [3.63, 3.8) is 0 Å². The molecule has 2 nitrogen and oxygen atoms in total. The van der Waals surface area contributed by atoms with Gasteiger partial charge in [-0.15, -0.1) is 0 Å². The normalized spacial score (nSPS) is 13.3. The topological polar surface area (TPSA) is 16.4 Å². The summed E-state index contributed by atoms with van der Waals surface area (Å²) >= 11 is 0. The van der Waals surface area contributed by atoms with E-state index < -0.39 is 0 Å². The Morgan fingerprint density at radius 1 is 0.489 bits per heavy atom. The molecule has 1 aliphatic rings. The van der Waals surface area contributed by atoms with Gasteiger partial charge < -0.3 is 9.32 Å². The van der Waals surface area contributed by atoms with Crippen LogP contribution >= 0.6 is 0 Å². The molecular weight excluding hydrogens is 546 g/mol. The van der Waals surface area contributed by atoms with Crippen LogP contribution in [0.15, 0.2) is 156 Å². The first-order valence-electron chi connectivity index (χ1n) is 15.6. The number of anilines is 3. The minimum Gasteiger partial charge on any atom is -0.456 e. The van der Waals surface area contributed by atoms with Crippen molar-refractivity contribution in [3.05, 3.63) is 163 Å². The van der Waals surface area contributed by atoms with Gasteiger partial charge in [-0.25, -0.2) is 0 Å². The number of rotatable bonds is 4. The Balaban J connectivity index is 1.24. The van der Waals surface area contributed by atoms with Gasteiger partial charge in [0.25, 0.3) is 0 Å². The summed E-state index contributed by atoms with van der Waals surface area (Å²) in [7, 11) is 0. The summed E-state index contributed by atoms with van der Waals surface area (Å²) in [6, 6.07) is 54.8. The highest BCUT2D eigenvalue weighted by Gasteiger charge is 2.35. The van der Waals surface area contributed by atoms with E-state index in [9.17, 15) is 0 Å². The summed E-state index contributed by atoms with van der Waals surface area (Å²) in [5.74, 6) is 0. The second kappa shape index (κ2) is 9.70. The van der Waals surface area contributed by atoms with E-state index in [1.54, 1.807) is 0 Å². The summed E-state index contributed by atoms with van der Waals surface area (Å²) in [5.41, 5.74) is 12.8. The molecule has 7 aromatic carbocycles. The number of benzene rings is 7. The lowest BCUT2D eigenvalue weighted by Gasteiger charge is -2.28. The minimum absolute atomic E-state index is 0.0953. The predicted molar refractivity (Wildman–Crippen MR) is 189 cm³/mol. The molecule has 9 rings (SSSR count). The van der Waals surface area contributed by atoms with E-state index >= 15 is 0 Å². The van der Waals surface area contributed by atoms with Gasteiger partial charge >= 0.3 is 0 Å². The highest BCUT2D eigenvalue weighted by Crippen LogP contribution is 2.51. The molecule has 8 aromatic rings. The van der Waals surface area contributed by atoms with Gasteiger partial charge in [-0.2, -0.15) is 0 Å². The van der Waals surface area contributed by atoms with Crippen LogP contribution in [0.5, 0.6) is 0 Å². The molecule has 0 bridgehead atoms. The van der Waals surface area contributed by atoms with E-state index in [0.29, 0.717) is 0 Å². The van der Waals surface area contributed by atoms with Crippen LogP contribution < -0.4 is 4.90 Å². The highest BCUT2D eigenvalue weighted by molar-refractivity contribution is 6.13. The lowest BCUT2D eigenvalue weighted by Crippen LogP contribution is -2.16. The van der Waals surface area contributed by atoms with Gasteiger partial charge in [0.15, 0.2) is 0 Å². The Morgan fingerprint density at radius 3 is 2.07 bits per heavy atom. The number of furan rings is 1. The van der Waals surface area contributed by atoms with Gasteiger partial charge in [0.05, 0.1) is 11.1 Å². The maximum atomic E-state index is 6.35. The van der Waals surface area contributed by atoms with Crippen LogP contribution in [0, 0.1) is 0 Å². The molecule has 1 aromatic heterocycles. The zero-order chi connectivity index (χ0) is 30.1. The maximum absolute atomic E-state index is 6.35.